The van der Waals surface area contributed by atoms with E-state index in [0.29, 0.717) is 12.0 Å². The molecule has 0 fully saturated rings. The molecule has 0 radical (unpaired) electrons. The Kier molecular flexibility index (Phi) is 2.99. The lowest BCUT2D eigenvalue weighted by Gasteiger charge is -2.25. The van der Waals surface area contributed by atoms with Gasteiger partial charge in [0.25, 0.3) is 0 Å². The molecule has 2 aromatic rings. The van der Waals surface area contributed by atoms with E-state index in [9.17, 15) is 9.18 Å². The molecule has 0 saturated heterocycles. The lowest BCUT2D eigenvalue weighted by atomic mass is 9.94. The standard InChI is InChI=1S/C15H10ClFO2/c16-12-7-6-10-11(14(12)17)8-13(19-15(10)18)9-4-2-1-3-5-9/h1-7,13H,8H2. The van der Waals surface area contributed by atoms with Crippen LogP contribution in [0.4, 0.5) is 4.39 Å². The summed E-state index contributed by atoms with van der Waals surface area (Å²) in [5.41, 5.74) is 1.44. The molecule has 0 N–H and O–H groups in total. The predicted molar refractivity (Wildman–Crippen MR) is 69.7 cm³/mol. The van der Waals surface area contributed by atoms with Crippen molar-refractivity contribution in [2.24, 2.45) is 0 Å². The number of fused-ring (bicyclic) bond motifs is 1. The van der Waals surface area contributed by atoms with E-state index in [4.69, 9.17) is 16.3 Å². The smallest absolute Gasteiger partial charge is 0.339 e. The van der Waals surface area contributed by atoms with Crippen molar-refractivity contribution in [3.05, 3.63) is 70.0 Å². The average molecular weight is 277 g/mol. The molecule has 1 unspecified atom stereocenters. The third kappa shape index (κ3) is 2.10. The van der Waals surface area contributed by atoms with E-state index in [-0.39, 0.29) is 10.6 Å². The van der Waals surface area contributed by atoms with Gasteiger partial charge >= 0.3 is 5.97 Å². The van der Waals surface area contributed by atoms with Gasteiger partial charge in [-0.1, -0.05) is 41.9 Å². The van der Waals surface area contributed by atoms with Crippen LogP contribution in [0.1, 0.15) is 27.6 Å². The van der Waals surface area contributed by atoms with E-state index < -0.39 is 17.9 Å². The first-order chi connectivity index (χ1) is 9.16. The molecule has 0 aromatic heterocycles. The Hall–Kier alpha value is -1.87. The Labute approximate surface area is 114 Å². The van der Waals surface area contributed by atoms with Crippen LogP contribution in [-0.4, -0.2) is 5.97 Å². The number of carbonyl (C=O) groups excluding carboxylic acids is 1. The molecule has 19 heavy (non-hydrogen) atoms. The van der Waals surface area contributed by atoms with Gasteiger partial charge < -0.3 is 4.74 Å². The van der Waals surface area contributed by atoms with E-state index in [1.165, 1.54) is 12.1 Å². The Balaban J connectivity index is 2.04. The summed E-state index contributed by atoms with van der Waals surface area (Å²) < 4.78 is 19.4. The molecule has 1 atom stereocenters. The number of hydrogen-bond donors (Lipinski definition) is 0. The maximum atomic E-state index is 14.0. The molecule has 4 heteroatoms. The predicted octanol–water partition coefficient (Wildman–Crippen LogP) is 3.93. The van der Waals surface area contributed by atoms with Gasteiger partial charge in [0.05, 0.1) is 10.6 Å². The van der Waals surface area contributed by atoms with Gasteiger partial charge in [-0.25, -0.2) is 9.18 Å². The first kappa shape index (κ1) is 12.2. The van der Waals surface area contributed by atoms with Gasteiger partial charge in [-0.2, -0.15) is 0 Å². The number of ether oxygens (including phenoxy) is 1. The van der Waals surface area contributed by atoms with Gasteiger partial charge in [-0.05, 0) is 17.7 Å². The molecule has 0 spiro atoms. The van der Waals surface area contributed by atoms with Crippen molar-refractivity contribution in [2.45, 2.75) is 12.5 Å². The molecule has 0 bridgehead atoms. The SMILES string of the molecule is O=C1OC(c2ccccc2)Cc2c1ccc(Cl)c2F. The monoisotopic (exact) mass is 276 g/mol. The molecule has 1 aliphatic rings. The van der Waals surface area contributed by atoms with Crippen molar-refractivity contribution in [3.63, 3.8) is 0 Å². The van der Waals surface area contributed by atoms with Crippen molar-refractivity contribution in [2.75, 3.05) is 0 Å². The number of halogens is 2. The fourth-order valence-electron chi connectivity index (χ4n) is 2.26. The summed E-state index contributed by atoms with van der Waals surface area (Å²) >= 11 is 5.76. The van der Waals surface area contributed by atoms with Crippen LogP contribution in [0.5, 0.6) is 0 Å². The molecule has 0 amide bonds. The summed E-state index contributed by atoms with van der Waals surface area (Å²) in [5.74, 6) is -1.04. The average Bonchev–Trinajstić information content (AvgIpc) is 2.44. The molecule has 0 aliphatic carbocycles. The number of benzene rings is 2. The summed E-state index contributed by atoms with van der Waals surface area (Å²) in [6, 6.07) is 12.2. The number of esters is 1. The Morgan fingerprint density at radius 2 is 1.89 bits per heavy atom. The van der Waals surface area contributed by atoms with Gasteiger partial charge in [0.2, 0.25) is 0 Å². The number of cyclic esters (lactones) is 1. The molecule has 0 saturated carbocycles. The minimum absolute atomic E-state index is 0.0280. The van der Waals surface area contributed by atoms with Crippen LogP contribution in [0, 0.1) is 5.82 Å². The zero-order valence-electron chi connectivity index (χ0n) is 9.90. The van der Waals surface area contributed by atoms with Crippen molar-refractivity contribution >= 4 is 17.6 Å². The molecular weight excluding hydrogens is 267 g/mol. The third-order valence-electron chi connectivity index (χ3n) is 3.23. The van der Waals surface area contributed by atoms with Crippen LogP contribution >= 0.6 is 11.6 Å². The summed E-state index contributed by atoms with van der Waals surface area (Å²) in [6.07, 6.45) is -0.161. The molecule has 96 valence electrons. The molecular formula is C15H10ClFO2. The fourth-order valence-corrected chi connectivity index (χ4v) is 2.43. The lowest BCUT2D eigenvalue weighted by Crippen LogP contribution is -2.23. The second kappa shape index (κ2) is 4.67. The summed E-state index contributed by atoms with van der Waals surface area (Å²) in [6.45, 7) is 0. The molecule has 3 rings (SSSR count). The highest BCUT2D eigenvalue weighted by Gasteiger charge is 2.30. The summed E-state index contributed by atoms with van der Waals surface area (Å²) in [4.78, 5) is 11.9. The highest BCUT2D eigenvalue weighted by atomic mass is 35.5. The first-order valence-electron chi connectivity index (χ1n) is 5.89. The number of carbonyl (C=O) groups is 1. The Morgan fingerprint density at radius 1 is 1.16 bits per heavy atom. The lowest BCUT2D eigenvalue weighted by molar-refractivity contribution is 0.0248. The molecule has 2 aromatic carbocycles. The van der Waals surface area contributed by atoms with Crippen LogP contribution in [-0.2, 0) is 11.2 Å². The van der Waals surface area contributed by atoms with Crippen LogP contribution in [0.25, 0.3) is 0 Å². The maximum Gasteiger partial charge on any atom is 0.339 e. The van der Waals surface area contributed by atoms with E-state index in [0.717, 1.165) is 5.56 Å². The zero-order chi connectivity index (χ0) is 13.4. The second-order valence-corrected chi connectivity index (χ2v) is 4.80. The fraction of sp³-hybridized carbons (Fsp3) is 0.133. The van der Waals surface area contributed by atoms with Crippen LogP contribution < -0.4 is 0 Å². The number of hydrogen-bond acceptors (Lipinski definition) is 2. The highest BCUT2D eigenvalue weighted by Crippen LogP contribution is 2.33. The van der Waals surface area contributed by atoms with Crippen LogP contribution in [0.2, 0.25) is 5.02 Å². The largest absolute Gasteiger partial charge is 0.454 e. The van der Waals surface area contributed by atoms with Crippen molar-refractivity contribution in [3.8, 4) is 0 Å². The van der Waals surface area contributed by atoms with Crippen molar-refractivity contribution < 1.29 is 13.9 Å². The maximum absolute atomic E-state index is 14.0. The Morgan fingerprint density at radius 3 is 2.63 bits per heavy atom. The second-order valence-electron chi connectivity index (χ2n) is 4.40. The Bertz CT molecular complexity index is 640. The summed E-state index contributed by atoms with van der Waals surface area (Å²) in [7, 11) is 0. The minimum atomic E-state index is -0.531. The van der Waals surface area contributed by atoms with E-state index in [2.05, 4.69) is 0 Å². The third-order valence-corrected chi connectivity index (χ3v) is 3.52. The zero-order valence-corrected chi connectivity index (χ0v) is 10.7. The van der Waals surface area contributed by atoms with Gasteiger partial charge in [0.15, 0.2) is 0 Å². The molecule has 1 aliphatic heterocycles. The minimum Gasteiger partial charge on any atom is -0.454 e. The first-order valence-corrected chi connectivity index (χ1v) is 6.27. The number of rotatable bonds is 1. The van der Waals surface area contributed by atoms with E-state index in [1.54, 1.807) is 0 Å². The van der Waals surface area contributed by atoms with Gasteiger partial charge in [-0.3, -0.25) is 0 Å². The summed E-state index contributed by atoms with van der Waals surface area (Å²) in [5, 5.41) is 0.0280. The highest BCUT2D eigenvalue weighted by molar-refractivity contribution is 6.31. The van der Waals surface area contributed by atoms with Gasteiger partial charge in [0.1, 0.15) is 11.9 Å². The van der Waals surface area contributed by atoms with Gasteiger partial charge in [0, 0.05) is 12.0 Å². The van der Waals surface area contributed by atoms with Gasteiger partial charge in [-0.15, -0.1) is 0 Å². The quantitative estimate of drug-likeness (QED) is 0.738. The molecule has 2 nitrogen and oxygen atoms in total. The normalized spacial score (nSPS) is 17.8. The van der Waals surface area contributed by atoms with E-state index >= 15 is 0 Å². The van der Waals surface area contributed by atoms with Crippen molar-refractivity contribution in [1.82, 2.24) is 0 Å². The molecule has 1 heterocycles. The topological polar surface area (TPSA) is 26.3 Å². The van der Waals surface area contributed by atoms with Crippen LogP contribution in [0.15, 0.2) is 42.5 Å². The van der Waals surface area contributed by atoms with E-state index in [1.807, 2.05) is 30.3 Å². The van der Waals surface area contributed by atoms with Crippen molar-refractivity contribution in [1.29, 1.82) is 0 Å². The van der Waals surface area contributed by atoms with Crippen LogP contribution in [0.3, 0.4) is 0 Å².